The van der Waals surface area contributed by atoms with Crippen molar-refractivity contribution in [3.8, 4) is 0 Å². The Morgan fingerprint density at radius 3 is 2.39 bits per heavy atom. The van der Waals surface area contributed by atoms with Crippen LogP contribution in [-0.2, 0) is 4.74 Å². The molecule has 2 rings (SSSR count). The summed E-state index contributed by atoms with van der Waals surface area (Å²) in [5.41, 5.74) is 2.88. The molecule has 0 radical (unpaired) electrons. The molecule has 0 aliphatic heterocycles. The fourth-order valence-electron chi connectivity index (χ4n) is 2.83. The number of hydrogen-bond acceptors (Lipinski definition) is 1. The largest absolute Gasteiger partial charge is 0.381 e. The maximum atomic E-state index is 5.05. The third-order valence-electron chi connectivity index (χ3n) is 3.99. The first kappa shape index (κ1) is 13.4. The van der Waals surface area contributed by atoms with Crippen molar-refractivity contribution in [2.24, 2.45) is 5.92 Å². The molecule has 0 unspecified atom stereocenters. The summed E-state index contributed by atoms with van der Waals surface area (Å²) < 4.78 is 5.05. The highest BCUT2D eigenvalue weighted by Crippen LogP contribution is 2.36. The average Bonchev–Trinajstić information content (AvgIpc) is 2.41. The van der Waals surface area contributed by atoms with E-state index in [4.69, 9.17) is 4.74 Å². The van der Waals surface area contributed by atoms with Crippen LogP contribution in [0.5, 0.6) is 0 Å². The third-order valence-corrected chi connectivity index (χ3v) is 3.99. The van der Waals surface area contributed by atoms with Crippen LogP contribution in [0.3, 0.4) is 0 Å². The van der Waals surface area contributed by atoms with Crippen molar-refractivity contribution in [1.82, 2.24) is 0 Å². The summed E-state index contributed by atoms with van der Waals surface area (Å²) in [6.07, 6.45) is 9.79. The van der Waals surface area contributed by atoms with E-state index in [2.05, 4.69) is 43.3 Å². The van der Waals surface area contributed by atoms with E-state index >= 15 is 0 Å². The van der Waals surface area contributed by atoms with Gasteiger partial charge in [-0.25, -0.2) is 0 Å². The Hall–Kier alpha value is -1.08. The van der Waals surface area contributed by atoms with E-state index in [9.17, 15) is 0 Å². The van der Waals surface area contributed by atoms with Crippen molar-refractivity contribution in [1.29, 1.82) is 0 Å². The molecule has 1 aromatic carbocycles. The molecule has 1 aromatic rings. The molecule has 0 spiro atoms. The van der Waals surface area contributed by atoms with Gasteiger partial charge >= 0.3 is 0 Å². The number of rotatable bonds is 4. The Morgan fingerprint density at radius 2 is 1.78 bits per heavy atom. The minimum Gasteiger partial charge on any atom is -0.381 e. The van der Waals surface area contributed by atoms with Gasteiger partial charge in [0, 0.05) is 7.11 Å². The number of allylic oxidation sites excluding steroid dienone is 1. The first-order chi connectivity index (χ1) is 8.79. The molecule has 0 amide bonds. The summed E-state index contributed by atoms with van der Waals surface area (Å²) in [5, 5.41) is 0. The first-order valence-corrected chi connectivity index (χ1v) is 7.01. The van der Waals surface area contributed by atoms with Gasteiger partial charge in [-0.15, -0.1) is 0 Å². The fourth-order valence-corrected chi connectivity index (χ4v) is 2.83. The Balaban J connectivity index is 1.84. The topological polar surface area (TPSA) is 9.23 Å². The predicted octanol–water partition coefficient (Wildman–Crippen LogP) is 4.47. The third kappa shape index (κ3) is 3.71. The van der Waals surface area contributed by atoms with Gasteiger partial charge in [0.15, 0.2) is 0 Å². The number of benzene rings is 1. The van der Waals surface area contributed by atoms with E-state index in [0.717, 1.165) is 18.4 Å². The Morgan fingerprint density at radius 1 is 1.11 bits per heavy atom. The van der Waals surface area contributed by atoms with Gasteiger partial charge in [-0.05, 0) is 50.0 Å². The van der Waals surface area contributed by atoms with Gasteiger partial charge in [0.2, 0.25) is 0 Å². The highest BCUT2D eigenvalue weighted by atomic mass is 16.5. The molecule has 0 saturated heterocycles. The van der Waals surface area contributed by atoms with Gasteiger partial charge in [0.05, 0.1) is 6.61 Å². The second-order valence-electron chi connectivity index (χ2n) is 5.41. The van der Waals surface area contributed by atoms with Crippen LogP contribution in [0.15, 0.2) is 36.4 Å². The van der Waals surface area contributed by atoms with E-state index in [1.165, 1.54) is 36.8 Å². The maximum Gasteiger partial charge on any atom is 0.0643 e. The summed E-state index contributed by atoms with van der Waals surface area (Å²) in [6.45, 7) is 2.90. The lowest BCUT2D eigenvalue weighted by Gasteiger charge is -2.27. The van der Waals surface area contributed by atoms with E-state index in [0.29, 0.717) is 0 Å². The molecule has 0 bridgehead atoms. The molecular formula is C17H24O. The van der Waals surface area contributed by atoms with Crippen LogP contribution in [0.1, 0.15) is 42.7 Å². The normalized spacial score (nSPS) is 24.6. The standard InChI is InChI=1S/C17H24O/c1-14-5-9-16(10-6-14)17-11-7-15(8-12-17)4-3-13-18-2/h3-6,9-10,15,17H,7-8,11-13H2,1-2H3/t15-,17-. The van der Waals surface area contributed by atoms with Crippen LogP contribution in [0, 0.1) is 12.8 Å². The summed E-state index contributed by atoms with van der Waals surface area (Å²) in [4.78, 5) is 0. The van der Waals surface area contributed by atoms with E-state index in [1.54, 1.807) is 7.11 Å². The zero-order valence-electron chi connectivity index (χ0n) is 11.6. The minimum atomic E-state index is 0.748. The molecule has 1 aliphatic rings. The SMILES string of the molecule is COCC=C[C@H]1CC[C@H](c2ccc(C)cc2)CC1. The minimum absolute atomic E-state index is 0.748. The summed E-state index contributed by atoms with van der Waals surface area (Å²) >= 11 is 0. The van der Waals surface area contributed by atoms with Crippen molar-refractivity contribution in [2.75, 3.05) is 13.7 Å². The molecule has 98 valence electrons. The second-order valence-corrected chi connectivity index (χ2v) is 5.41. The molecule has 0 N–H and O–H groups in total. The zero-order valence-corrected chi connectivity index (χ0v) is 11.6. The van der Waals surface area contributed by atoms with Crippen molar-refractivity contribution >= 4 is 0 Å². The molecule has 1 heteroatoms. The lowest BCUT2D eigenvalue weighted by atomic mass is 9.78. The summed E-state index contributed by atoms with van der Waals surface area (Å²) in [6, 6.07) is 9.09. The molecule has 0 atom stereocenters. The van der Waals surface area contributed by atoms with E-state index in [-0.39, 0.29) is 0 Å². The van der Waals surface area contributed by atoms with Crippen LogP contribution in [-0.4, -0.2) is 13.7 Å². The maximum absolute atomic E-state index is 5.05. The van der Waals surface area contributed by atoms with Crippen LogP contribution >= 0.6 is 0 Å². The molecular weight excluding hydrogens is 220 g/mol. The van der Waals surface area contributed by atoms with E-state index < -0.39 is 0 Å². The van der Waals surface area contributed by atoms with Gasteiger partial charge in [-0.3, -0.25) is 0 Å². The van der Waals surface area contributed by atoms with Crippen LogP contribution in [0.4, 0.5) is 0 Å². The van der Waals surface area contributed by atoms with Crippen LogP contribution < -0.4 is 0 Å². The number of methoxy groups -OCH3 is 1. The molecule has 0 aromatic heterocycles. The molecule has 1 fully saturated rings. The number of hydrogen-bond donors (Lipinski definition) is 0. The smallest absolute Gasteiger partial charge is 0.0643 e. The molecule has 1 nitrogen and oxygen atoms in total. The first-order valence-electron chi connectivity index (χ1n) is 7.01. The molecule has 1 saturated carbocycles. The average molecular weight is 244 g/mol. The summed E-state index contributed by atoms with van der Waals surface area (Å²) in [7, 11) is 1.75. The molecule has 18 heavy (non-hydrogen) atoms. The number of aryl methyl sites for hydroxylation is 1. The Bertz CT molecular complexity index is 369. The molecule has 1 aliphatic carbocycles. The monoisotopic (exact) mass is 244 g/mol. The van der Waals surface area contributed by atoms with Gasteiger partial charge in [0.25, 0.3) is 0 Å². The van der Waals surface area contributed by atoms with Crippen molar-refractivity contribution in [3.63, 3.8) is 0 Å². The lowest BCUT2D eigenvalue weighted by Crippen LogP contribution is -2.11. The Kier molecular flexibility index (Phi) is 5.00. The van der Waals surface area contributed by atoms with E-state index in [1.807, 2.05) is 0 Å². The second kappa shape index (κ2) is 6.75. The van der Waals surface area contributed by atoms with Gasteiger partial charge in [-0.2, -0.15) is 0 Å². The van der Waals surface area contributed by atoms with Crippen molar-refractivity contribution < 1.29 is 4.74 Å². The number of ether oxygens (including phenoxy) is 1. The highest BCUT2D eigenvalue weighted by Gasteiger charge is 2.20. The Labute approximate surface area is 111 Å². The fraction of sp³-hybridized carbons (Fsp3) is 0.529. The quantitative estimate of drug-likeness (QED) is 0.710. The zero-order chi connectivity index (χ0) is 12.8. The summed E-state index contributed by atoms with van der Waals surface area (Å²) in [5.74, 6) is 1.54. The van der Waals surface area contributed by atoms with Gasteiger partial charge < -0.3 is 4.74 Å². The van der Waals surface area contributed by atoms with Crippen molar-refractivity contribution in [3.05, 3.63) is 47.5 Å². The molecule has 0 heterocycles. The van der Waals surface area contributed by atoms with Crippen LogP contribution in [0.25, 0.3) is 0 Å². The van der Waals surface area contributed by atoms with Gasteiger partial charge in [0.1, 0.15) is 0 Å². The lowest BCUT2D eigenvalue weighted by molar-refractivity contribution is 0.233. The highest BCUT2D eigenvalue weighted by molar-refractivity contribution is 5.25. The van der Waals surface area contributed by atoms with Crippen molar-refractivity contribution in [2.45, 2.75) is 38.5 Å². The van der Waals surface area contributed by atoms with Crippen LogP contribution in [0.2, 0.25) is 0 Å². The predicted molar refractivity (Wildman–Crippen MR) is 76.9 cm³/mol. The van der Waals surface area contributed by atoms with Gasteiger partial charge in [-0.1, -0.05) is 42.0 Å².